The van der Waals surface area contributed by atoms with Gasteiger partial charge in [-0.15, -0.1) is 0 Å². The molecule has 0 heterocycles. The van der Waals surface area contributed by atoms with E-state index in [4.69, 9.17) is 0 Å². The number of carbonyl (C=O) groups excluding carboxylic acids is 1. The summed E-state index contributed by atoms with van der Waals surface area (Å²) >= 11 is 0. The fourth-order valence-corrected chi connectivity index (χ4v) is 3.65. The second-order valence-corrected chi connectivity index (χ2v) is 6.39. The summed E-state index contributed by atoms with van der Waals surface area (Å²) in [5.74, 6) is -2.92. The van der Waals surface area contributed by atoms with E-state index in [-0.39, 0.29) is 16.9 Å². The van der Waals surface area contributed by atoms with Crippen LogP contribution in [0.5, 0.6) is 0 Å². The van der Waals surface area contributed by atoms with Crippen LogP contribution in [-0.2, 0) is 0 Å². The van der Waals surface area contributed by atoms with Gasteiger partial charge in [-0.2, -0.15) is 0 Å². The average Bonchev–Trinajstić information content (AvgIpc) is 2.68. The predicted molar refractivity (Wildman–Crippen MR) is 97.6 cm³/mol. The Kier molecular flexibility index (Phi) is 3.85. The van der Waals surface area contributed by atoms with E-state index < -0.39 is 17.9 Å². The zero-order valence-electron chi connectivity index (χ0n) is 14.0. The fourth-order valence-electron chi connectivity index (χ4n) is 3.65. The standard InChI is InChI=1S/C22H14O5/c23-20-17-7-3-1-5-15(17)19(16-6-2-4-8-18(16)20)12-9-13(21(24)25)11-14(10-12)22(26)27/h1-11,19H,(H,24,25)(H,26,27). The molecule has 0 aromatic heterocycles. The zero-order valence-corrected chi connectivity index (χ0v) is 14.0. The van der Waals surface area contributed by atoms with Crippen LogP contribution in [-0.4, -0.2) is 27.9 Å². The summed E-state index contributed by atoms with van der Waals surface area (Å²) in [4.78, 5) is 35.9. The Bertz CT molecular complexity index is 1030. The molecule has 0 spiro atoms. The molecule has 0 amide bonds. The van der Waals surface area contributed by atoms with E-state index in [0.29, 0.717) is 16.7 Å². The molecular weight excluding hydrogens is 344 g/mol. The Labute approximate surface area is 154 Å². The molecule has 0 fully saturated rings. The lowest BCUT2D eigenvalue weighted by atomic mass is 9.74. The van der Waals surface area contributed by atoms with Gasteiger partial charge in [0.1, 0.15) is 0 Å². The first kappa shape index (κ1) is 16.7. The Hall–Kier alpha value is -3.73. The molecule has 1 aliphatic carbocycles. The minimum Gasteiger partial charge on any atom is -0.478 e. The molecule has 0 saturated heterocycles. The maximum Gasteiger partial charge on any atom is 0.335 e. The van der Waals surface area contributed by atoms with Crippen molar-refractivity contribution in [1.29, 1.82) is 0 Å². The summed E-state index contributed by atoms with van der Waals surface area (Å²) in [6.07, 6.45) is 0. The van der Waals surface area contributed by atoms with Gasteiger partial charge in [0.25, 0.3) is 0 Å². The molecule has 0 saturated carbocycles. The molecular formula is C22H14O5. The minimum atomic E-state index is -1.20. The van der Waals surface area contributed by atoms with Crippen molar-refractivity contribution in [3.05, 3.63) is 106 Å². The number of benzene rings is 3. The maximum atomic E-state index is 12.8. The van der Waals surface area contributed by atoms with Gasteiger partial charge in [-0.1, -0.05) is 48.5 Å². The minimum absolute atomic E-state index is 0.0923. The molecule has 3 aromatic carbocycles. The van der Waals surface area contributed by atoms with E-state index in [1.807, 2.05) is 24.3 Å². The molecule has 0 radical (unpaired) electrons. The van der Waals surface area contributed by atoms with Gasteiger partial charge >= 0.3 is 11.9 Å². The molecule has 0 aliphatic heterocycles. The summed E-state index contributed by atoms with van der Waals surface area (Å²) in [5, 5.41) is 18.8. The largest absolute Gasteiger partial charge is 0.478 e. The molecule has 4 rings (SSSR count). The van der Waals surface area contributed by atoms with Crippen LogP contribution in [0.25, 0.3) is 0 Å². The fraction of sp³-hybridized carbons (Fsp3) is 0.0455. The van der Waals surface area contributed by atoms with Crippen molar-refractivity contribution in [2.24, 2.45) is 0 Å². The number of fused-ring (bicyclic) bond motifs is 2. The van der Waals surface area contributed by atoms with Crippen molar-refractivity contribution in [3.8, 4) is 0 Å². The number of carbonyl (C=O) groups is 3. The van der Waals surface area contributed by atoms with Crippen LogP contribution < -0.4 is 0 Å². The number of carboxylic acids is 2. The van der Waals surface area contributed by atoms with Gasteiger partial charge < -0.3 is 10.2 Å². The second-order valence-electron chi connectivity index (χ2n) is 6.39. The van der Waals surface area contributed by atoms with E-state index in [1.165, 1.54) is 12.1 Å². The molecule has 1 aliphatic rings. The van der Waals surface area contributed by atoms with Gasteiger partial charge in [-0.05, 0) is 34.9 Å². The van der Waals surface area contributed by atoms with Crippen molar-refractivity contribution in [2.75, 3.05) is 0 Å². The summed E-state index contributed by atoms with van der Waals surface area (Å²) in [5.41, 5.74) is 2.88. The number of carboxylic acid groups (broad SMARTS) is 2. The Balaban J connectivity index is 2.03. The molecule has 5 nitrogen and oxygen atoms in total. The molecule has 132 valence electrons. The van der Waals surface area contributed by atoms with Gasteiger partial charge in [0.2, 0.25) is 0 Å². The van der Waals surface area contributed by atoms with Crippen LogP contribution in [0.3, 0.4) is 0 Å². The number of aromatic carboxylic acids is 2. The van der Waals surface area contributed by atoms with E-state index in [1.54, 1.807) is 24.3 Å². The highest BCUT2D eigenvalue weighted by molar-refractivity contribution is 6.13. The lowest BCUT2D eigenvalue weighted by Gasteiger charge is -2.28. The normalized spacial score (nSPS) is 13.0. The third-order valence-electron chi connectivity index (χ3n) is 4.82. The summed E-state index contributed by atoms with van der Waals surface area (Å²) < 4.78 is 0. The third kappa shape index (κ3) is 2.69. The van der Waals surface area contributed by atoms with Gasteiger partial charge in [0.05, 0.1) is 11.1 Å². The lowest BCUT2D eigenvalue weighted by Crippen LogP contribution is -2.20. The van der Waals surface area contributed by atoms with Crippen LogP contribution in [0.2, 0.25) is 0 Å². The molecule has 0 unspecified atom stereocenters. The molecule has 3 aromatic rings. The van der Waals surface area contributed by atoms with Gasteiger partial charge in [0.15, 0.2) is 5.78 Å². The number of hydrogen-bond acceptors (Lipinski definition) is 3. The number of ketones is 1. The highest BCUT2D eigenvalue weighted by atomic mass is 16.4. The first-order valence-electron chi connectivity index (χ1n) is 8.31. The highest BCUT2D eigenvalue weighted by Crippen LogP contribution is 2.41. The molecule has 2 N–H and O–H groups in total. The second kappa shape index (κ2) is 6.21. The molecule has 5 heteroatoms. The highest BCUT2D eigenvalue weighted by Gasteiger charge is 2.32. The van der Waals surface area contributed by atoms with Gasteiger partial charge in [0, 0.05) is 17.0 Å². The Morgan fingerprint density at radius 3 is 1.59 bits per heavy atom. The van der Waals surface area contributed by atoms with E-state index in [0.717, 1.165) is 17.2 Å². The zero-order chi connectivity index (χ0) is 19.1. The van der Waals surface area contributed by atoms with Crippen LogP contribution in [0, 0.1) is 0 Å². The van der Waals surface area contributed by atoms with Gasteiger partial charge in [-0.25, -0.2) is 9.59 Å². The number of rotatable bonds is 3. The predicted octanol–water partition coefficient (Wildman–Crippen LogP) is 3.81. The Morgan fingerprint density at radius 2 is 1.15 bits per heavy atom. The van der Waals surface area contributed by atoms with Crippen molar-refractivity contribution >= 4 is 17.7 Å². The van der Waals surface area contributed by atoms with Crippen molar-refractivity contribution in [2.45, 2.75) is 5.92 Å². The SMILES string of the molecule is O=C(O)c1cc(C(=O)O)cc(C2c3ccccc3C(=O)c3ccccc32)c1. The van der Waals surface area contributed by atoms with Gasteiger partial charge in [-0.3, -0.25) is 4.79 Å². The quantitative estimate of drug-likeness (QED) is 0.581. The summed E-state index contributed by atoms with van der Waals surface area (Å²) in [6, 6.07) is 18.4. The average molecular weight is 358 g/mol. The smallest absolute Gasteiger partial charge is 0.335 e. The van der Waals surface area contributed by atoms with Crippen molar-refractivity contribution in [1.82, 2.24) is 0 Å². The summed E-state index contributed by atoms with van der Waals surface area (Å²) in [7, 11) is 0. The van der Waals surface area contributed by atoms with E-state index in [9.17, 15) is 24.6 Å². The van der Waals surface area contributed by atoms with Crippen LogP contribution in [0.4, 0.5) is 0 Å². The van der Waals surface area contributed by atoms with Crippen molar-refractivity contribution < 1.29 is 24.6 Å². The molecule has 27 heavy (non-hydrogen) atoms. The topological polar surface area (TPSA) is 91.7 Å². The van der Waals surface area contributed by atoms with Crippen LogP contribution >= 0.6 is 0 Å². The van der Waals surface area contributed by atoms with E-state index in [2.05, 4.69) is 0 Å². The summed E-state index contributed by atoms with van der Waals surface area (Å²) in [6.45, 7) is 0. The maximum absolute atomic E-state index is 12.8. The monoisotopic (exact) mass is 358 g/mol. The number of hydrogen-bond donors (Lipinski definition) is 2. The Morgan fingerprint density at radius 1 is 0.704 bits per heavy atom. The molecule has 0 atom stereocenters. The van der Waals surface area contributed by atoms with Crippen LogP contribution in [0.1, 0.15) is 59.2 Å². The lowest BCUT2D eigenvalue weighted by molar-refractivity contribution is 0.0696. The van der Waals surface area contributed by atoms with Crippen molar-refractivity contribution in [3.63, 3.8) is 0 Å². The first-order chi connectivity index (χ1) is 13.0. The first-order valence-corrected chi connectivity index (χ1v) is 8.31. The van der Waals surface area contributed by atoms with E-state index >= 15 is 0 Å². The van der Waals surface area contributed by atoms with Crippen LogP contribution in [0.15, 0.2) is 66.7 Å². The molecule has 0 bridgehead atoms. The third-order valence-corrected chi connectivity index (χ3v) is 4.82.